The van der Waals surface area contributed by atoms with Crippen molar-refractivity contribution in [2.45, 2.75) is 24.3 Å². The van der Waals surface area contributed by atoms with Gasteiger partial charge in [0.2, 0.25) is 15.9 Å². The number of carbonyl (C=O) groups is 1. The largest absolute Gasteiger partial charge is 0.324 e. The molecule has 6 nitrogen and oxygen atoms in total. The van der Waals surface area contributed by atoms with Crippen molar-refractivity contribution >= 4 is 33.4 Å². The molecule has 0 fully saturated rings. The van der Waals surface area contributed by atoms with E-state index in [9.17, 15) is 13.2 Å². The Balaban J connectivity index is 2.93. The lowest BCUT2D eigenvalue weighted by Gasteiger charge is -2.14. The summed E-state index contributed by atoms with van der Waals surface area (Å²) in [4.78, 5) is 12.1. The highest BCUT2D eigenvalue weighted by Crippen LogP contribution is 2.20. The van der Waals surface area contributed by atoms with Gasteiger partial charge in [0.25, 0.3) is 0 Å². The summed E-state index contributed by atoms with van der Waals surface area (Å²) in [5, 5.41) is 2.69. The molecule has 0 saturated carbocycles. The van der Waals surface area contributed by atoms with Crippen LogP contribution in [0.1, 0.15) is 12.0 Å². The summed E-state index contributed by atoms with van der Waals surface area (Å²) in [6.07, 6.45) is 2.52. The third-order valence-electron chi connectivity index (χ3n) is 3.02. The highest BCUT2D eigenvalue weighted by molar-refractivity contribution is 7.98. The lowest BCUT2D eigenvalue weighted by atomic mass is 10.1. The first-order valence-corrected chi connectivity index (χ1v) is 9.29. The van der Waals surface area contributed by atoms with Gasteiger partial charge < -0.3 is 11.1 Å². The zero-order valence-electron chi connectivity index (χ0n) is 12.3. The van der Waals surface area contributed by atoms with Gasteiger partial charge in [-0.2, -0.15) is 11.8 Å². The van der Waals surface area contributed by atoms with E-state index < -0.39 is 16.1 Å². The molecule has 1 aromatic rings. The monoisotopic (exact) mass is 331 g/mol. The first-order valence-electron chi connectivity index (χ1n) is 6.41. The van der Waals surface area contributed by atoms with E-state index >= 15 is 0 Å². The van der Waals surface area contributed by atoms with E-state index in [1.54, 1.807) is 24.8 Å². The minimum atomic E-state index is -3.54. The summed E-state index contributed by atoms with van der Waals surface area (Å²) < 4.78 is 25.8. The third-order valence-corrected chi connectivity index (χ3v) is 5.07. The van der Waals surface area contributed by atoms with Gasteiger partial charge in [-0.1, -0.05) is 6.07 Å². The molecule has 1 rings (SSSR count). The number of carbonyl (C=O) groups excluding carboxylic acids is 1. The Bertz CT molecular complexity index is 603. The first-order chi connectivity index (χ1) is 9.81. The van der Waals surface area contributed by atoms with Crippen molar-refractivity contribution in [2.24, 2.45) is 5.73 Å². The lowest BCUT2D eigenvalue weighted by Crippen LogP contribution is -2.36. The zero-order valence-corrected chi connectivity index (χ0v) is 14.0. The average Bonchev–Trinajstić information content (AvgIpc) is 2.46. The summed E-state index contributed by atoms with van der Waals surface area (Å²) in [7, 11) is -2.20. The van der Waals surface area contributed by atoms with Crippen LogP contribution in [0.15, 0.2) is 23.1 Å². The van der Waals surface area contributed by atoms with Crippen molar-refractivity contribution in [2.75, 3.05) is 24.4 Å². The van der Waals surface area contributed by atoms with Crippen LogP contribution in [0.5, 0.6) is 0 Å². The van der Waals surface area contributed by atoms with Crippen molar-refractivity contribution < 1.29 is 13.2 Å². The third kappa shape index (κ3) is 4.99. The molecule has 0 bridgehead atoms. The van der Waals surface area contributed by atoms with E-state index in [2.05, 4.69) is 10.0 Å². The molecule has 0 spiro atoms. The predicted octanol–water partition coefficient (Wildman–Crippen LogP) is 0.922. The van der Waals surface area contributed by atoms with Crippen molar-refractivity contribution in [3.05, 3.63) is 23.8 Å². The summed E-state index contributed by atoms with van der Waals surface area (Å²) in [6.45, 7) is 1.79. The molecule has 0 aromatic heterocycles. The van der Waals surface area contributed by atoms with Crippen LogP contribution in [0.2, 0.25) is 0 Å². The first kappa shape index (κ1) is 18.0. The number of amides is 1. The molecule has 0 unspecified atom stereocenters. The van der Waals surface area contributed by atoms with E-state index in [0.29, 0.717) is 12.1 Å². The van der Waals surface area contributed by atoms with Gasteiger partial charge in [0.1, 0.15) is 0 Å². The van der Waals surface area contributed by atoms with Crippen molar-refractivity contribution in [1.82, 2.24) is 4.72 Å². The fraction of sp³-hybridized carbons (Fsp3) is 0.462. The maximum atomic E-state index is 12.0. The van der Waals surface area contributed by atoms with Gasteiger partial charge in [-0.05, 0) is 50.1 Å². The Hall–Kier alpha value is -1.09. The Morgan fingerprint density at radius 2 is 2.10 bits per heavy atom. The Morgan fingerprint density at radius 3 is 2.67 bits per heavy atom. The maximum absolute atomic E-state index is 12.0. The van der Waals surface area contributed by atoms with E-state index in [0.717, 1.165) is 11.3 Å². The summed E-state index contributed by atoms with van der Waals surface area (Å²) in [6, 6.07) is 3.96. The van der Waals surface area contributed by atoms with Gasteiger partial charge in [-0.15, -0.1) is 0 Å². The number of hydrogen-bond donors (Lipinski definition) is 3. The van der Waals surface area contributed by atoms with Gasteiger partial charge in [0.15, 0.2) is 0 Å². The molecule has 1 atom stereocenters. The second-order valence-corrected chi connectivity index (χ2v) is 7.43. The predicted molar refractivity (Wildman–Crippen MR) is 87.0 cm³/mol. The summed E-state index contributed by atoms with van der Waals surface area (Å²) >= 11 is 1.62. The van der Waals surface area contributed by atoms with E-state index in [1.807, 2.05) is 6.26 Å². The number of thioether (sulfide) groups is 1. The zero-order chi connectivity index (χ0) is 16.0. The number of nitrogens with one attached hydrogen (secondary N) is 2. The molecule has 0 heterocycles. The number of aryl methyl sites for hydroxylation is 1. The van der Waals surface area contributed by atoms with Gasteiger partial charge >= 0.3 is 0 Å². The topological polar surface area (TPSA) is 101 Å². The maximum Gasteiger partial charge on any atom is 0.241 e. The molecule has 0 saturated heterocycles. The van der Waals surface area contributed by atoms with Crippen LogP contribution in [-0.2, 0) is 14.8 Å². The van der Waals surface area contributed by atoms with Crippen LogP contribution in [0.25, 0.3) is 0 Å². The molecule has 1 amide bonds. The SMILES string of the molecule is CNS(=O)(=O)c1ccc(C)c(NC(=O)[C@@H](N)CCSC)c1. The molecule has 1 aromatic carbocycles. The van der Waals surface area contributed by atoms with E-state index in [-0.39, 0.29) is 10.8 Å². The summed E-state index contributed by atoms with van der Waals surface area (Å²) in [5.74, 6) is 0.480. The van der Waals surface area contributed by atoms with Gasteiger partial charge in [-0.25, -0.2) is 13.1 Å². The summed E-state index contributed by atoms with van der Waals surface area (Å²) in [5.41, 5.74) is 7.02. The Labute approximate surface area is 129 Å². The van der Waals surface area contributed by atoms with Gasteiger partial charge in [0, 0.05) is 5.69 Å². The molecular weight excluding hydrogens is 310 g/mol. The lowest BCUT2D eigenvalue weighted by molar-refractivity contribution is -0.117. The molecule has 0 aliphatic rings. The van der Waals surface area contributed by atoms with Gasteiger partial charge in [-0.3, -0.25) is 4.79 Å². The highest BCUT2D eigenvalue weighted by Gasteiger charge is 2.17. The minimum Gasteiger partial charge on any atom is -0.324 e. The van der Waals surface area contributed by atoms with Crippen LogP contribution in [0.3, 0.4) is 0 Å². The number of rotatable bonds is 7. The molecule has 8 heteroatoms. The number of nitrogens with two attached hydrogens (primary N) is 1. The molecule has 4 N–H and O–H groups in total. The minimum absolute atomic E-state index is 0.101. The molecule has 118 valence electrons. The Morgan fingerprint density at radius 1 is 1.43 bits per heavy atom. The van der Waals surface area contributed by atoms with Crippen molar-refractivity contribution in [3.63, 3.8) is 0 Å². The molecule has 21 heavy (non-hydrogen) atoms. The molecule has 0 radical (unpaired) electrons. The van der Waals surface area contributed by atoms with E-state index in [4.69, 9.17) is 5.73 Å². The van der Waals surface area contributed by atoms with Crippen molar-refractivity contribution in [3.8, 4) is 0 Å². The van der Waals surface area contributed by atoms with E-state index in [1.165, 1.54) is 19.2 Å². The van der Waals surface area contributed by atoms with Gasteiger partial charge in [0.05, 0.1) is 10.9 Å². The Kier molecular flexibility index (Phi) is 6.66. The molecule has 0 aliphatic carbocycles. The molecular formula is C13H21N3O3S2. The molecule has 0 aliphatic heterocycles. The average molecular weight is 331 g/mol. The fourth-order valence-corrected chi connectivity index (χ4v) is 2.87. The van der Waals surface area contributed by atoms with Crippen LogP contribution in [0, 0.1) is 6.92 Å². The van der Waals surface area contributed by atoms with Crippen LogP contribution >= 0.6 is 11.8 Å². The van der Waals surface area contributed by atoms with Crippen LogP contribution in [-0.4, -0.2) is 39.4 Å². The highest BCUT2D eigenvalue weighted by atomic mass is 32.2. The standard InChI is InChI=1S/C13H21N3O3S2/c1-9-4-5-10(21(18,19)15-2)8-12(9)16-13(17)11(14)6-7-20-3/h4-5,8,11,15H,6-7,14H2,1-3H3,(H,16,17)/t11-/m0/s1. The normalized spacial score (nSPS) is 13.0. The number of hydrogen-bond acceptors (Lipinski definition) is 5. The number of benzene rings is 1. The fourth-order valence-electron chi connectivity index (χ4n) is 1.62. The van der Waals surface area contributed by atoms with Crippen molar-refractivity contribution in [1.29, 1.82) is 0 Å². The number of anilines is 1. The smallest absolute Gasteiger partial charge is 0.241 e. The van der Waals surface area contributed by atoms with Crippen LogP contribution in [0.4, 0.5) is 5.69 Å². The van der Waals surface area contributed by atoms with Crippen LogP contribution < -0.4 is 15.8 Å². The second kappa shape index (κ2) is 7.79. The second-order valence-electron chi connectivity index (χ2n) is 4.56. The quantitative estimate of drug-likeness (QED) is 0.690. The number of sulfonamides is 1.